The van der Waals surface area contributed by atoms with Gasteiger partial charge in [-0.25, -0.2) is 0 Å². The fourth-order valence-corrected chi connectivity index (χ4v) is 4.57. The number of ether oxygens (including phenoxy) is 3. The van der Waals surface area contributed by atoms with Crippen LogP contribution in [-0.2, 0) is 19.7 Å². The topological polar surface area (TPSA) is 90.9 Å². The van der Waals surface area contributed by atoms with E-state index >= 15 is 0 Å². The van der Waals surface area contributed by atoms with E-state index in [0.29, 0.717) is 33.3 Å². The zero-order chi connectivity index (χ0) is 21.6. The van der Waals surface area contributed by atoms with Crippen LogP contribution >= 0.6 is 11.6 Å². The molecule has 8 heteroatoms. The molecule has 156 valence electrons. The van der Waals surface area contributed by atoms with Crippen molar-refractivity contribution in [2.75, 3.05) is 26.1 Å². The highest BCUT2D eigenvalue weighted by Gasteiger charge is 2.79. The zero-order valence-corrected chi connectivity index (χ0v) is 17.4. The molecule has 2 aliphatic rings. The van der Waals surface area contributed by atoms with Gasteiger partial charge in [-0.3, -0.25) is 14.4 Å². The van der Waals surface area contributed by atoms with E-state index < -0.39 is 29.1 Å². The molecule has 1 saturated carbocycles. The van der Waals surface area contributed by atoms with Gasteiger partial charge in [0.2, 0.25) is 5.91 Å². The predicted octanol–water partition coefficient (Wildman–Crippen LogP) is 3.24. The van der Waals surface area contributed by atoms with Crippen LogP contribution in [-0.4, -0.2) is 38.5 Å². The van der Waals surface area contributed by atoms with Crippen LogP contribution in [0.1, 0.15) is 22.8 Å². The third-order valence-corrected chi connectivity index (χ3v) is 5.98. The minimum absolute atomic E-state index is 0.146. The van der Waals surface area contributed by atoms with E-state index in [1.807, 2.05) is 0 Å². The van der Waals surface area contributed by atoms with E-state index in [4.69, 9.17) is 25.8 Å². The molecule has 1 aliphatic heterocycles. The summed E-state index contributed by atoms with van der Waals surface area (Å²) in [4.78, 5) is 39.3. The number of carbonyl (C=O) groups excluding carboxylic acids is 3. The Kier molecular flexibility index (Phi) is 4.94. The largest absolute Gasteiger partial charge is 0.493 e. The number of benzene rings is 2. The molecule has 0 saturated heterocycles. The second-order valence-corrected chi connectivity index (χ2v) is 7.59. The fraction of sp³-hybridized carbons (Fsp3) is 0.318. The number of hydrogen-bond acceptors (Lipinski definition) is 6. The molecule has 7 nitrogen and oxygen atoms in total. The number of carbonyl (C=O) groups is 3. The van der Waals surface area contributed by atoms with E-state index in [9.17, 15) is 14.4 Å². The van der Waals surface area contributed by atoms with E-state index in [2.05, 4.69) is 5.32 Å². The van der Waals surface area contributed by atoms with E-state index in [0.717, 1.165) is 0 Å². The SMILES string of the molecule is CCOC(=O)[C@H]1[C@H](C(=O)c2ccc(OC)c(OC)c2)C12C(=O)Nc1ccc(Cl)cc12. The van der Waals surface area contributed by atoms with Gasteiger partial charge in [0.05, 0.1) is 32.7 Å². The van der Waals surface area contributed by atoms with Gasteiger partial charge in [-0.15, -0.1) is 0 Å². The van der Waals surface area contributed by atoms with Crippen molar-refractivity contribution >= 4 is 34.9 Å². The Morgan fingerprint density at radius 3 is 2.47 bits per heavy atom. The lowest BCUT2D eigenvalue weighted by Crippen LogP contribution is -2.26. The first-order chi connectivity index (χ1) is 14.4. The smallest absolute Gasteiger partial charge is 0.311 e. The zero-order valence-electron chi connectivity index (χ0n) is 16.7. The maximum absolute atomic E-state index is 13.5. The molecule has 4 rings (SSSR count). The quantitative estimate of drug-likeness (QED) is 0.560. The van der Waals surface area contributed by atoms with Crippen LogP contribution in [0.5, 0.6) is 11.5 Å². The summed E-state index contributed by atoms with van der Waals surface area (Å²) in [6, 6.07) is 9.68. The van der Waals surface area contributed by atoms with E-state index in [-0.39, 0.29) is 12.4 Å². The van der Waals surface area contributed by atoms with Crippen LogP contribution in [0.15, 0.2) is 36.4 Å². The fourth-order valence-electron chi connectivity index (χ4n) is 4.40. The van der Waals surface area contributed by atoms with E-state index in [1.54, 1.807) is 43.3 Å². The first-order valence-electron chi connectivity index (χ1n) is 9.44. The molecule has 2 aromatic rings. The monoisotopic (exact) mass is 429 g/mol. The van der Waals surface area contributed by atoms with Gasteiger partial charge in [0.1, 0.15) is 5.41 Å². The Morgan fingerprint density at radius 1 is 1.07 bits per heavy atom. The maximum atomic E-state index is 13.5. The summed E-state index contributed by atoms with van der Waals surface area (Å²) in [5.74, 6) is -2.33. The molecule has 3 atom stereocenters. The summed E-state index contributed by atoms with van der Waals surface area (Å²) in [5.41, 5.74) is 0.0572. The third-order valence-electron chi connectivity index (χ3n) is 5.75. The molecule has 1 fully saturated rings. The van der Waals surface area contributed by atoms with Crippen molar-refractivity contribution < 1.29 is 28.6 Å². The molecule has 1 heterocycles. The lowest BCUT2D eigenvalue weighted by molar-refractivity contribution is -0.146. The Morgan fingerprint density at radius 2 is 1.80 bits per heavy atom. The van der Waals surface area contributed by atoms with Gasteiger partial charge >= 0.3 is 5.97 Å². The van der Waals surface area contributed by atoms with Gasteiger partial charge in [0.15, 0.2) is 17.3 Å². The summed E-state index contributed by atoms with van der Waals surface area (Å²) in [6.45, 7) is 1.82. The first-order valence-corrected chi connectivity index (χ1v) is 9.82. The lowest BCUT2D eigenvalue weighted by atomic mass is 9.91. The minimum Gasteiger partial charge on any atom is -0.493 e. The van der Waals surface area contributed by atoms with Gasteiger partial charge < -0.3 is 19.5 Å². The molecule has 0 aromatic heterocycles. The number of fused-ring (bicyclic) bond motifs is 2. The van der Waals surface area contributed by atoms with Crippen LogP contribution in [0.3, 0.4) is 0 Å². The van der Waals surface area contributed by atoms with Crippen molar-refractivity contribution in [1.29, 1.82) is 0 Å². The summed E-state index contributed by atoms with van der Waals surface area (Å²) in [6.07, 6.45) is 0. The second-order valence-electron chi connectivity index (χ2n) is 7.15. The van der Waals surface area contributed by atoms with Gasteiger partial charge in [-0.2, -0.15) is 0 Å². The average molecular weight is 430 g/mol. The number of methoxy groups -OCH3 is 2. The standard InChI is InChI=1S/C22H20ClNO6/c1-4-30-20(26)18-17(19(25)11-5-8-15(28-2)16(9-11)29-3)22(18)13-10-12(23)6-7-14(13)24-21(22)27/h5-10,17-18H,4H2,1-3H3,(H,24,27)/t17-,18-,22?/m1/s1. The van der Waals surface area contributed by atoms with Crippen molar-refractivity contribution in [2.45, 2.75) is 12.3 Å². The number of ketones is 1. The van der Waals surface area contributed by atoms with Crippen LogP contribution < -0.4 is 14.8 Å². The van der Waals surface area contributed by atoms with Crippen molar-refractivity contribution in [3.8, 4) is 11.5 Å². The van der Waals surface area contributed by atoms with E-state index in [1.165, 1.54) is 14.2 Å². The molecular formula is C22H20ClNO6. The first kappa shape index (κ1) is 20.2. The van der Waals surface area contributed by atoms with Crippen molar-refractivity contribution in [3.63, 3.8) is 0 Å². The van der Waals surface area contributed by atoms with Gasteiger partial charge in [0.25, 0.3) is 0 Å². The number of amides is 1. The molecule has 30 heavy (non-hydrogen) atoms. The molecule has 0 radical (unpaired) electrons. The average Bonchev–Trinajstić information content (AvgIpc) is 3.37. The number of hydrogen-bond donors (Lipinski definition) is 1. The molecule has 0 bridgehead atoms. The maximum Gasteiger partial charge on any atom is 0.311 e. The Hall–Kier alpha value is -3.06. The number of nitrogens with one attached hydrogen (secondary N) is 1. The normalized spacial score (nSPS) is 23.5. The molecule has 1 aliphatic carbocycles. The molecule has 1 spiro atoms. The second kappa shape index (κ2) is 7.32. The summed E-state index contributed by atoms with van der Waals surface area (Å²) >= 11 is 6.16. The third kappa shape index (κ3) is 2.76. The molecule has 1 unspecified atom stereocenters. The highest BCUT2D eigenvalue weighted by atomic mass is 35.5. The Labute approximate surface area is 178 Å². The summed E-state index contributed by atoms with van der Waals surface area (Å²) in [7, 11) is 2.96. The van der Waals surface area contributed by atoms with Gasteiger partial charge in [0, 0.05) is 16.3 Å². The van der Waals surface area contributed by atoms with Crippen molar-refractivity contribution in [3.05, 3.63) is 52.5 Å². The molecular weight excluding hydrogens is 410 g/mol. The predicted molar refractivity (Wildman–Crippen MR) is 109 cm³/mol. The van der Waals surface area contributed by atoms with Crippen LogP contribution in [0, 0.1) is 11.8 Å². The number of rotatable bonds is 6. The Balaban J connectivity index is 1.81. The number of Topliss-reactive ketones (excluding diaryl/α,β-unsaturated/α-hetero) is 1. The number of esters is 1. The molecule has 1 amide bonds. The van der Waals surface area contributed by atoms with Crippen LogP contribution in [0.2, 0.25) is 5.02 Å². The number of anilines is 1. The molecule has 2 aromatic carbocycles. The lowest BCUT2D eigenvalue weighted by Gasteiger charge is -2.11. The van der Waals surface area contributed by atoms with Crippen LogP contribution in [0.4, 0.5) is 5.69 Å². The molecule has 1 N–H and O–H groups in total. The highest BCUT2D eigenvalue weighted by molar-refractivity contribution is 6.31. The summed E-state index contributed by atoms with van der Waals surface area (Å²) in [5, 5.41) is 3.19. The summed E-state index contributed by atoms with van der Waals surface area (Å²) < 4.78 is 15.7. The van der Waals surface area contributed by atoms with Crippen molar-refractivity contribution in [2.24, 2.45) is 11.8 Å². The minimum atomic E-state index is -1.34. The number of halogens is 1. The van der Waals surface area contributed by atoms with Gasteiger partial charge in [-0.1, -0.05) is 11.6 Å². The van der Waals surface area contributed by atoms with Crippen LogP contribution in [0.25, 0.3) is 0 Å². The van der Waals surface area contributed by atoms with Gasteiger partial charge in [-0.05, 0) is 48.9 Å². The highest BCUT2D eigenvalue weighted by Crippen LogP contribution is 2.66. The Bertz CT molecular complexity index is 1070. The van der Waals surface area contributed by atoms with Crippen molar-refractivity contribution in [1.82, 2.24) is 0 Å².